The van der Waals surface area contributed by atoms with Crippen molar-refractivity contribution in [1.82, 2.24) is 20.2 Å². The Balaban J connectivity index is 2.22. The lowest BCUT2D eigenvalue weighted by atomic mass is 10.6. The SMILES string of the molecule is CCOC(=O)CNC(=S)Nn1cnnc1. The lowest BCUT2D eigenvalue weighted by Crippen LogP contribution is -2.37. The van der Waals surface area contributed by atoms with Gasteiger partial charge >= 0.3 is 5.97 Å². The number of ether oxygens (including phenoxy) is 1. The second-order valence-corrected chi connectivity index (χ2v) is 2.88. The molecule has 0 saturated carbocycles. The van der Waals surface area contributed by atoms with Crippen molar-refractivity contribution in [2.24, 2.45) is 0 Å². The second kappa shape index (κ2) is 5.91. The van der Waals surface area contributed by atoms with Gasteiger partial charge in [-0.3, -0.25) is 10.2 Å². The summed E-state index contributed by atoms with van der Waals surface area (Å²) in [5.74, 6) is -0.356. The molecule has 0 aliphatic rings. The highest BCUT2D eigenvalue weighted by Crippen LogP contribution is 1.79. The molecule has 0 saturated heterocycles. The van der Waals surface area contributed by atoms with E-state index in [2.05, 4.69) is 20.9 Å². The molecule has 2 N–H and O–H groups in total. The van der Waals surface area contributed by atoms with Gasteiger partial charge in [-0.25, -0.2) is 4.68 Å². The third-order valence-corrected chi connectivity index (χ3v) is 1.58. The Morgan fingerprint density at radius 3 is 2.80 bits per heavy atom. The summed E-state index contributed by atoms with van der Waals surface area (Å²) in [4.78, 5) is 10.9. The number of hydrogen-bond donors (Lipinski definition) is 2. The van der Waals surface area contributed by atoms with Crippen LogP contribution in [0.5, 0.6) is 0 Å². The van der Waals surface area contributed by atoms with E-state index in [1.54, 1.807) is 6.92 Å². The summed E-state index contributed by atoms with van der Waals surface area (Å²) >= 11 is 4.90. The third-order valence-electron chi connectivity index (χ3n) is 1.35. The highest BCUT2D eigenvalue weighted by molar-refractivity contribution is 7.80. The summed E-state index contributed by atoms with van der Waals surface area (Å²) < 4.78 is 6.17. The average Bonchev–Trinajstić information content (AvgIpc) is 2.68. The number of aromatic nitrogens is 3. The van der Waals surface area contributed by atoms with Crippen LogP contribution in [0.4, 0.5) is 0 Å². The van der Waals surface area contributed by atoms with Crippen LogP contribution in [0.1, 0.15) is 6.92 Å². The zero-order valence-corrected chi connectivity index (χ0v) is 8.95. The van der Waals surface area contributed by atoms with E-state index in [4.69, 9.17) is 17.0 Å². The zero-order valence-electron chi connectivity index (χ0n) is 8.14. The van der Waals surface area contributed by atoms with E-state index in [9.17, 15) is 4.79 Å². The molecule has 1 heterocycles. The molecule has 1 aromatic heterocycles. The van der Waals surface area contributed by atoms with E-state index < -0.39 is 0 Å². The van der Waals surface area contributed by atoms with Crippen molar-refractivity contribution in [3.63, 3.8) is 0 Å². The first kappa shape index (κ1) is 11.4. The minimum absolute atomic E-state index is 0.0296. The molecular weight excluding hydrogens is 218 g/mol. The van der Waals surface area contributed by atoms with E-state index in [0.717, 1.165) is 0 Å². The largest absolute Gasteiger partial charge is 0.465 e. The number of carbonyl (C=O) groups is 1. The van der Waals surface area contributed by atoms with Crippen LogP contribution in [-0.2, 0) is 9.53 Å². The van der Waals surface area contributed by atoms with Crippen molar-refractivity contribution < 1.29 is 9.53 Å². The summed E-state index contributed by atoms with van der Waals surface area (Å²) in [6, 6.07) is 0. The molecule has 7 nitrogen and oxygen atoms in total. The van der Waals surface area contributed by atoms with E-state index in [0.29, 0.717) is 11.7 Å². The highest BCUT2D eigenvalue weighted by Gasteiger charge is 2.02. The molecule has 0 bridgehead atoms. The van der Waals surface area contributed by atoms with Gasteiger partial charge in [0, 0.05) is 0 Å². The van der Waals surface area contributed by atoms with E-state index >= 15 is 0 Å². The van der Waals surface area contributed by atoms with Gasteiger partial charge in [0.05, 0.1) is 6.61 Å². The fourth-order valence-electron chi connectivity index (χ4n) is 0.780. The Hall–Kier alpha value is -1.70. The van der Waals surface area contributed by atoms with E-state index in [1.807, 2.05) is 0 Å². The van der Waals surface area contributed by atoms with Gasteiger partial charge in [-0.2, -0.15) is 0 Å². The molecule has 0 aliphatic heterocycles. The molecule has 0 unspecified atom stereocenters. The van der Waals surface area contributed by atoms with Crippen molar-refractivity contribution in [3.8, 4) is 0 Å². The van der Waals surface area contributed by atoms with Gasteiger partial charge in [-0.1, -0.05) is 0 Å². The molecule has 0 atom stereocenters. The predicted octanol–water partition coefficient (Wildman–Crippen LogP) is -0.741. The van der Waals surface area contributed by atoms with Gasteiger partial charge in [-0.15, -0.1) is 10.2 Å². The molecule has 0 amide bonds. The molecule has 0 fully saturated rings. The van der Waals surface area contributed by atoms with Gasteiger partial charge in [0.1, 0.15) is 19.2 Å². The normalized spacial score (nSPS) is 9.40. The molecule has 0 aromatic carbocycles. The minimum Gasteiger partial charge on any atom is -0.465 e. The molecule has 0 spiro atoms. The quantitative estimate of drug-likeness (QED) is 0.520. The Kier molecular flexibility index (Phi) is 4.48. The lowest BCUT2D eigenvalue weighted by molar-refractivity contribution is -0.141. The maximum atomic E-state index is 10.9. The van der Waals surface area contributed by atoms with Crippen LogP contribution in [0.15, 0.2) is 12.7 Å². The predicted molar refractivity (Wildman–Crippen MR) is 56.6 cm³/mol. The Morgan fingerprint density at radius 2 is 2.20 bits per heavy atom. The first-order valence-corrected chi connectivity index (χ1v) is 4.68. The number of thiocarbonyl (C=S) groups is 1. The maximum Gasteiger partial charge on any atom is 0.325 e. The van der Waals surface area contributed by atoms with Crippen LogP contribution in [-0.4, -0.2) is 39.1 Å². The fourth-order valence-corrected chi connectivity index (χ4v) is 0.957. The van der Waals surface area contributed by atoms with Crippen LogP contribution in [0, 0.1) is 0 Å². The summed E-state index contributed by atoms with van der Waals surface area (Å²) in [5, 5.41) is 10.1. The van der Waals surface area contributed by atoms with Crippen molar-refractivity contribution in [1.29, 1.82) is 0 Å². The molecule has 1 rings (SSSR count). The van der Waals surface area contributed by atoms with Gasteiger partial charge in [0.25, 0.3) is 0 Å². The van der Waals surface area contributed by atoms with Crippen molar-refractivity contribution in [3.05, 3.63) is 12.7 Å². The Bertz CT molecular complexity index is 326. The minimum atomic E-state index is -0.356. The molecule has 82 valence electrons. The lowest BCUT2D eigenvalue weighted by Gasteiger charge is -2.09. The highest BCUT2D eigenvalue weighted by atomic mass is 32.1. The van der Waals surface area contributed by atoms with Crippen molar-refractivity contribution in [2.75, 3.05) is 18.6 Å². The van der Waals surface area contributed by atoms with Crippen LogP contribution >= 0.6 is 12.2 Å². The molecule has 0 radical (unpaired) electrons. The van der Waals surface area contributed by atoms with Gasteiger partial charge in [0.2, 0.25) is 0 Å². The molecule has 0 aliphatic carbocycles. The number of nitrogens with zero attached hydrogens (tertiary/aromatic N) is 3. The zero-order chi connectivity index (χ0) is 11.1. The van der Waals surface area contributed by atoms with Crippen LogP contribution < -0.4 is 10.7 Å². The summed E-state index contributed by atoms with van der Waals surface area (Å²) in [7, 11) is 0. The standard InChI is InChI=1S/C7H11N5O2S/c1-2-14-6(13)3-8-7(15)11-12-4-9-10-5-12/h4-5H,2-3H2,1H3,(H2,8,11,15). The second-order valence-electron chi connectivity index (χ2n) is 2.47. The fraction of sp³-hybridized carbons (Fsp3) is 0.429. The maximum absolute atomic E-state index is 10.9. The van der Waals surface area contributed by atoms with Gasteiger partial charge in [0.15, 0.2) is 5.11 Å². The monoisotopic (exact) mass is 229 g/mol. The topological polar surface area (TPSA) is 81.1 Å². The van der Waals surface area contributed by atoms with Gasteiger partial charge < -0.3 is 10.1 Å². The Morgan fingerprint density at radius 1 is 1.53 bits per heavy atom. The summed E-state index contributed by atoms with van der Waals surface area (Å²) in [6.45, 7) is 2.12. The number of carbonyl (C=O) groups excluding carboxylic acids is 1. The average molecular weight is 229 g/mol. The number of hydrogen-bond acceptors (Lipinski definition) is 5. The van der Waals surface area contributed by atoms with Crippen LogP contribution in [0.2, 0.25) is 0 Å². The van der Waals surface area contributed by atoms with E-state index in [1.165, 1.54) is 17.3 Å². The smallest absolute Gasteiger partial charge is 0.325 e. The summed E-state index contributed by atoms with van der Waals surface area (Å²) in [6.07, 6.45) is 2.89. The Labute approximate surface area is 91.8 Å². The molecule has 1 aromatic rings. The van der Waals surface area contributed by atoms with Crippen LogP contribution in [0.3, 0.4) is 0 Å². The molecule has 15 heavy (non-hydrogen) atoms. The third kappa shape index (κ3) is 4.36. The van der Waals surface area contributed by atoms with Crippen LogP contribution in [0.25, 0.3) is 0 Å². The summed E-state index contributed by atoms with van der Waals surface area (Å²) in [5.41, 5.74) is 2.72. The number of nitrogens with one attached hydrogen (secondary N) is 2. The van der Waals surface area contributed by atoms with E-state index in [-0.39, 0.29) is 12.5 Å². The van der Waals surface area contributed by atoms with Gasteiger partial charge in [-0.05, 0) is 19.1 Å². The first-order chi connectivity index (χ1) is 7.22. The van der Waals surface area contributed by atoms with Crippen molar-refractivity contribution >= 4 is 23.3 Å². The number of esters is 1. The molecule has 8 heteroatoms. The number of rotatable bonds is 4. The first-order valence-electron chi connectivity index (χ1n) is 4.27. The van der Waals surface area contributed by atoms with Crippen molar-refractivity contribution in [2.45, 2.75) is 6.92 Å². The molecular formula is C7H11N5O2S.